The summed E-state index contributed by atoms with van der Waals surface area (Å²) in [4.78, 5) is 0.273. The number of aryl methyl sites for hydroxylation is 1. The zero-order chi connectivity index (χ0) is 15.5. The van der Waals surface area contributed by atoms with Crippen LogP contribution in [0.3, 0.4) is 0 Å². The molecule has 0 bridgehead atoms. The second kappa shape index (κ2) is 6.46. The monoisotopic (exact) mass is 314 g/mol. The Morgan fingerprint density at radius 1 is 1.38 bits per heavy atom. The Morgan fingerprint density at radius 2 is 2.05 bits per heavy atom. The maximum absolute atomic E-state index is 13.1. The zero-order valence-electron chi connectivity index (χ0n) is 12.9. The van der Waals surface area contributed by atoms with Crippen LogP contribution in [0.5, 0.6) is 0 Å². The highest BCUT2D eigenvalue weighted by atomic mass is 32.2. The highest BCUT2D eigenvalue weighted by Crippen LogP contribution is 2.37. The fraction of sp³-hybridized carbons (Fsp3) is 0.786. The van der Waals surface area contributed by atoms with Crippen molar-refractivity contribution in [2.45, 2.75) is 62.8 Å². The van der Waals surface area contributed by atoms with Crippen LogP contribution in [0.1, 0.15) is 51.1 Å². The highest BCUT2D eigenvalue weighted by molar-refractivity contribution is 7.89. The number of hydrogen-bond acceptors (Lipinski definition) is 4. The predicted molar refractivity (Wildman–Crippen MR) is 82.4 cm³/mol. The van der Waals surface area contributed by atoms with Crippen molar-refractivity contribution in [1.82, 2.24) is 14.5 Å². The van der Waals surface area contributed by atoms with E-state index in [1.165, 1.54) is 6.20 Å². The van der Waals surface area contributed by atoms with Gasteiger partial charge in [-0.05, 0) is 26.2 Å². The van der Waals surface area contributed by atoms with Gasteiger partial charge in [-0.1, -0.05) is 26.2 Å². The maximum Gasteiger partial charge on any atom is 0.247 e. The minimum atomic E-state index is -3.56. The molecule has 3 N–H and O–H groups in total. The van der Waals surface area contributed by atoms with E-state index in [4.69, 9.17) is 5.73 Å². The number of rotatable bonds is 6. The second-order valence-corrected chi connectivity index (χ2v) is 7.76. The summed E-state index contributed by atoms with van der Waals surface area (Å²) in [7, 11) is -3.56. The molecule has 21 heavy (non-hydrogen) atoms. The number of nitrogens with one attached hydrogen (secondary N) is 1. The van der Waals surface area contributed by atoms with Crippen LogP contribution < -0.4 is 5.73 Å². The quantitative estimate of drug-likeness (QED) is 0.837. The molecule has 0 aliphatic heterocycles. The van der Waals surface area contributed by atoms with Gasteiger partial charge >= 0.3 is 0 Å². The third-order valence-corrected chi connectivity index (χ3v) is 6.59. The number of nitrogens with zero attached hydrogens (tertiary/aromatic N) is 2. The van der Waals surface area contributed by atoms with Crippen LogP contribution in [0.25, 0.3) is 0 Å². The molecule has 0 spiro atoms. The van der Waals surface area contributed by atoms with E-state index in [-0.39, 0.29) is 4.90 Å². The van der Waals surface area contributed by atoms with Gasteiger partial charge in [0.1, 0.15) is 4.90 Å². The molecule has 0 saturated heterocycles. The van der Waals surface area contributed by atoms with Crippen molar-refractivity contribution in [2.24, 2.45) is 5.73 Å². The van der Waals surface area contributed by atoms with Crippen LogP contribution in [-0.2, 0) is 10.0 Å². The molecule has 0 amide bonds. The van der Waals surface area contributed by atoms with Crippen molar-refractivity contribution >= 4 is 10.0 Å². The summed E-state index contributed by atoms with van der Waals surface area (Å²) in [6, 6.07) is 0. The first kappa shape index (κ1) is 16.5. The van der Waals surface area contributed by atoms with Gasteiger partial charge in [-0.15, -0.1) is 0 Å². The van der Waals surface area contributed by atoms with Crippen LogP contribution in [-0.4, -0.2) is 41.5 Å². The average molecular weight is 314 g/mol. The predicted octanol–water partition coefficient (Wildman–Crippen LogP) is 1.78. The normalized spacial score (nSPS) is 19.0. The molecule has 1 heterocycles. The number of sulfonamides is 1. The van der Waals surface area contributed by atoms with E-state index in [1.54, 1.807) is 11.2 Å². The molecule has 0 aromatic carbocycles. The molecular weight excluding hydrogens is 288 g/mol. The van der Waals surface area contributed by atoms with E-state index in [1.807, 2.05) is 6.92 Å². The van der Waals surface area contributed by atoms with E-state index < -0.39 is 15.6 Å². The smallest absolute Gasteiger partial charge is 0.247 e. The lowest BCUT2D eigenvalue weighted by molar-refractivity contribution is 0.136. The van der Waals surface area contributed by atoms with E-state index in [0.717, 1.165) is 38.5 Å². The standard InChI is InChI=1S/C14H26N4O2S/c1-3-9-18(14(11-15)7-5-4-6-8-14)21(19,20)13-10-16-17-12(13)2/h10H,3-9,11,15H2,1-2H3,(H,16,17). The van der Waals surface area contributed by atoms with Crippen molar-refractivity contribution in [3.05, 3.63) is 11.9 Å². The Hall–Kier alpha value is -0.920. The summed E-state index contributed by atoms with van der Waals surface area (Å²) in [6.07, 6.45) is 7.11. The molecule has 0 atom stereocenters. The van der Waals surface area contributed by atoms with Gasteiger partial charge in [0.15, 0.2) is 0 Å². The van der Waals surface area contributed by atoms with Gasteiger partial charge in [-0.25, -0.2) is 8.42 Å². The molecule has 0 unspecified atom stereocenters. The maximum atomic E-state index is 13.1. The summed E-state index contributed by atoms with van der Waals surface area (Å²) < 4.78 is 27.8. The molecule has 1 aliphatic rings. The topological polar surface area (TPSA) is 92.1 Å². The first-order chi connectivity index (χ1) is 9.98. The van der Waals surface area contributed by atoms with Gasteiger partial charge in [0.2, 0.25) is 10.0 Å². The van der Waals surface area contributed by atoms with Gasteiger partial charge in [0, 0.05) is 18.6 Å². The van der Waals surface area contributed by atoms with Gasteiger partial charge in [0.05, 0.1) is 11.9 Å². The van der Waals surface area contributed by atoms with E-state index >= 15 is 0 Å². The molecule has 1 aromatic heterocycles. The third-order valence-electron chi connectivity index (χ3n) is 4.47. The summed E-state index contributed by atoms with van der Waals surface area (Å²) in [5, 5.41) is 6.58. The van der Waals surface area contributed by atoms with E-state index in [0.29, 0.717) is 18.8 Å². The molecule has 7 heteroatoms. The summed E-state index contributed by atoms with van der Waals surface area (Å²) in [6.45, 7) is 4.62. The minimum Gasteiger partial charge on any atom is -0.329 e. The Labute approximate surface area is 127 Å². The van der Waals surface area contributed by atoms with Gasteiger partial charge in [-0.2, -0.15) is 9.40 Å². The lowest BCUT2D eigenvalue weighted by Crippen LogP contribution is -2.57. The highest BCUT2D eigenvalue weighted by Gasteiger charge is 2.44. The first-order valence-electron chi connectivity index (χ1n) is 7.71. The number of H-pyrrole nitrogens is 1. The number of aromatic nitrogens is 2. The Kier molecular flexibility index (Phi) is 5.06. The van der Waals surface area contributed by atoms with Crippen LogP contribution in [0.15, 0.2) is 11.1 Å². The van der Waals surface area contributed by atoms with Crippen molar-refractivity contribution in [2.75, 3.05) is 13.1 Å². The molecule has 1 aliphatic carbocycles. The summed E-state index contributed by atoms with van der Waals surface area (Å²) >= 11 is 0. The second-order valence-electron chi connectivity index (χ2n) is 5.93. The van der Waals surface area contributed by atoms with Gasteiger partial charge in [-0.3, -0.25) is 5.10 Å². The number of aromatic amines is 1. The SMILES string of the molecule is CCCN(C1(CN)CCCCC1)S(=O)(=O)c1cn[nH]c1C. The fourth-order valence-electron chi connectivity index (χ4n) is 3.30. The van der Waals surface area contributed by atoms with Gasteiger partial charge in [0.25, 0.3) is 0 Å². The first-order valence-corrected chi connectivity index (χ1v) is 9.15. The Bertz CT molecular complexity index is 561. The molecular formula is C14H26N4O2S. The number of hydrogen-bond donors (Lipinski definition) is 2. The van der Waals surface area contributed by atoms with Crippen LogP contribution in [0.2, 0.25) is 0 Å². The van der Waals surface area contributed by atoms with Crippen LogP contribution >= 0.6 is 0 Å². The fourth-order valence-corrected chi connectivity index (χ4v) is 5.34. The summed E-state index contributed by atoms with van der Waals surface area (Å²) in [5.41, 5.74) is 6.18. The molecule has 120 valence electrons. The van der Waals surface area contributed by atoms with Crippen LogP contribution in [0, 0.1) is 6.92 Å². The van der Waals surface area contributed by atoms with Gasteiger partial charge < -0.3 is 5.73 Å². The number of nitrogens with two attached hydrogens (primary N) is 1. The van der Waals surface area contributed by atoms with Crippen molar-refractivity contribution < 1.29 is 8.42 Å². The largest absolute Gasteiger partial charge is 0.329 e. The molecule has 2 rings (SSSR count). The lowest BCUT2D eigenvalue weighted by Gasteiger charge is -2.44. The van der Waals surface area contributed by atoms with Crippen molar-refractivity contribution in [3.63, 3.8) is 0 Å². The van der Waals surface area contributed by atoms with Crippen LogP contribution in [0.4, 0.5) is 0 Å². The minimum absolute atomic E-state index is 0.273. The van der Waals surface area contributed by atoms with Crippen molar-refractivity contribution in [3.8, 4) is 0 Å². The average Bonchev–Trinajstić information content (AvgIpc) is 2.92. The van der Waals surface area contributed by atoms with Crippen molar-refractivity contribution in [1.29, 1.82) is 0 Å². The Balaban J connectivity index is 2.44. The third kappa shape index (κ3) is 3.00. The Morgan fingerprint density at radius 3 is 2.52 bits per heavy atom. The zero-order valence-corrected chi connectivity index (χ0v) is 13.7. The van der Waals surface area contributed by atoms with E-state index in [2.05, 4.69) is 10.2 Å². The summed E-state index contributed by atoms with van der Waals surface area (Å²) in [5.74, 6) is 0. The lowest BCUT2D eigenvalue weighted by atomic mass is 9.81. The molecule has 0 radical (unpaired) electrons. The molecule has 6 nitrogen and oxygen atoms in total. The molecule has 1 fully saturated rings. The van der Waals surface area contributed by atoms with E-state index in [9.17, 15) is 8.42 Å². The molecule has 1 saturated carbocycles. The molecule has 1 aromatic rings.